The van der Waals surface area contributed by atoms with Crippen LogP contribution < -0.4 is 10.7 Å². The van der Waals surface area contributed by atoms with E-state index in [0.717, 1.165) is 0 Å². The summed E-state index contributed by atoms with van der Waals surface area (Å²) in [6, 6.07) is 12.3. The van der Waals surface area contributed by atoms with Gasteiger partial charge in [0.15, 0.2) is 0 Å². The van der Waals surface area contributed by atoms with Gasteiger partial charge in [0.25, 0.3) is 0 Å². The minimum absolute atomic E-state index is 0.0402. The van der Waals surface area contributed by atoms with E-state index in [4.69, 9.17) is 4.42 Å². The zero-order chi connectivity index (χ0) is 16.4. The van der Waals surface area contributed by atoms with Gasteiger partial charge in [-0.2, -0.15) is 0 Å². The maximum atomic E-state index is 14.1. The molecule has 0 spiro atoms. The zero-order valence-electron chi connectivity index (χ0n) is 12.1. The number of carbonyl (C=O) groups excluding carboxylic acids is 1. The Bertz CT molecular complexity index is 949. The molecule has 1 N–H and O–H groups in total. The van der Waals surface area contributed by atoms with Crippen LogP contribution in [-0.2, 0) is 4.74 Å². The molecule has 0 unspecified atom stereocenters. The fourth-order valence-electron chi connectivity index (χ4n) is 2.28. The summed E-state index contributed by atoms with van der Waals surface area (Å²) in [7, 11) is 1.18. The SMILES string of the molecule is COC(=O)Nc1oc2ccccc2c(=O)c1-c1ccccc1F. The lowest BCUT2D eigenvalue weighted by atomic mass is 10.0. The highest BCUT2D eigenvalue weighted by Crippen LogP contribution is 2.30. The van der Waals surface area contributed by atoms with E-state index in [1.807, 2.05) is 0 Å². The lowest BCUT2D eigenvalue weighted by Crippen LogP contribution is -2.16. The molecule has 0 bridgehead atoms. The number of halogens is 1. The average Bonchev–Trinajstić information content (AvgIpc) is 2.56. The van der Waals surface area contributed by atoms with E-state index < -0.39 is 17.3 Å². The Labute approximate surface area is 130 Å². The molecule has 3 aromatic rings. The van der Waals surface area contributed by atoms with Crippen molar-refractivity contribution in [2.45, 2.75) is 0 Å². The van der Waals surface area contributed by atoms with Crippen LogP contribution in [-0.4, -0.2) is 13.2 Å². The first kappa shape index (κ1) is 14.8. The number of nitrogens with one attached hydrogen (secondary N) is 1. The van der Waals surface area contributed by atoms with Crippen LogP contribution in [0, 0.1) is 5.82 Å². The lowest BCUT2D eigenvalue weighted by molar-refractivity contribution is 0.186. The van der Waals surface area contributed by atoms with Crippen molar-refractivity contribution < 1.29 is 18.3 Å². The van der Waals surface area contributed by atoms with Crippen LogP contribution in [0.5, 0.6) is 0 Å². The molecule has 0 aliphatic carbocycles. The smallest absolute Gasteiger partial charge is 0.413 e. The molecule has 0 saturated heterocycles. The molecule has 0 atom stereocenters. The van der Waals surface area contributed by atoms with Crippen molar-refractivity contribution in [2.75, 3.05) is 12.4 Å². The van der Waals surface area contributed by atoms with Gasteiger partial charge >= 0.3 is 6.09 Å². The van der Waals surface area contributed by atoms with Crippen LogP contribution in [0.2, 0.25) is 0 Å². The van der Waals surface area contributed by atoms with Gasteiger partial charge in [0.2, 0.25) is 11.3 Å². The molecule has 2 aromatic carbocycles. The molecule has 116 valence electrons. The van der Waals surface area contributed by atoms with Crippen LogP contribution in [0.15, 0.2) is 57.7 Å². The third-order valence-corrected chi connectivity index (χ3v) is 3.34. The first-order valence-corrected chi connectivity index (χ1v) is 6.77. The quantitative estimate of drug-likeness (QED) is 0.782. The zero-order valence-corrected chi connectivity index (χ0v) is 12.1. The molecule has 6 heteroatoms. The van der Waals surface area contributed by atoms with Crippen LogP contribution in [0.3, 0.4) is 0 Å². The van der Waals surface area contributed by atoms with E-state index in [1.165, 1.54) is 25.3 Å². The predicted molar refractivity (Wildman–Crippen MR) is 83.9 cm³/mol. The van der Waals surface area contributed by atoms with Crippen LogP contribution in [0.1, 0.15) is 0 Å². The largest absolute Gasteiger partial charge is 0.453 e. The molecule has 3 rings (SSSR count). The van der Waals surface area contributed by atoms with E-state index in [2.05, 4.69) is 10.1 Å². The molecule has 5 nitrogen and oxygen atoms in total. The summed E-state index contributed by atoms with van der Waals surface area (Å²) >= 11 is 0. The first-order valence-electron chi connectivity index (χ1n) is 6.77. The van der Waals surface area contributed by atoms with Crippen molar-refractivity contribution in [2.24, 2.45) is 0 Å². The van der Waals surface area contributed by atoms with Crippen molar-refractivity contribution in [1.82, 2.24) is 0 Å². The van der Waals surface area contributed by atoms with Crippen molar-refractivity contribution >= 4 is 22.9 Å². The predicted octanol–water partition coefficient (Wildman–Crippen LogP) is 3.78. The number of hydrogen-bond acceptors (Lipinski definition) is 4. The first-order chi connectivity index (χ1) is 11.1. The second-order valence-electron chi connectivity index (χ2n) is 4.73. The topological polar surface area (TPSA) is 68.5 Å². The van der Waals surface area contributed by atoms with Gasteiger partial charge in [0.05, 0.1) is 18.1 Å². The molecule has 0 saturated carbocycles. The minimum atomic E-state index is -0.818. The highest BCUT2D eigenvalue weighted by molar-refractivity contribution is 5.93. The molecule has 0 aliphatic rings. The van der Waals surface area contributed by atoms with Crippen molar-refractivity contribution in [3.8, 4) is 11.1 Å². The van der Waals surface area contributed by atoms with Gasteiger partial charge in [-0.1, -0.05) is 30.3 Å². The van der Waals surface area contributed by atoms with E-state index in [-0.39, 0.29) is 22.6 Å². The summed E-state index contributed by atoms with van der Waals surface area (Å²) in [5.74, 6) is -0.756. The molecule has 1 amide bonds. The Morgan fingerprint density at radius 3 is 2.57 bits per heavy atom. The number of anilines is 1. The standard InChI is InChI=1S/C17H12FNO4/c1-22-17(21)19-16-14(10-6-2-4-8-12(10)18)15(20)11-7-3-5-9-13(11)23-16/h2-9H,1H3,(H,19,21). The number of hydrogen-bond donors (Lipinski definition) is 1. The molecule has 0 radical (unpaired) electrons. The number of ether oxygens (including phenoxy) is 1. The fourth-order valence-corrected chi connectivity index (χ4v) is 2.28. The summed E-state index contributed by atoms with van der Waals surface area (Å²) in [4.78, 5) is 24.3. The molecule has 0 aliphatic heterocycles. The highest BCUT2D eigenvalue weighted by Gasteiger charge is 2.20. The number of carbonyl (C=O) groups is 1. The minimum Gasteiger partial charge on any atom is -0.453 e. The van der Waals surface area contributed by atoms with Crippen LogP contribution >= 0.6 is 0 Å². The average molecular weight is 313 g/mol. The van der Waals surface area contributed by atoms with Crippen molar-refractivity contribution in [1.29, 1.82) is 0 Å². The fraction of sp³-hybridized carbons (Fsp3) is 0.0588. The van der Waals surface area contributed by atoms with E-state index in [0.29, 0.717) is 5.39 Å². The third kappa shape index (κ3) is 2.66. The number of fused-ring (bicyclic) bond motifs is 1. The monoisotopic (exact) mass is 313 g/mol. The maximum absolute atomic E-state index is 14.1. The van der Waals surface area contributed by atoms with Crippen LogP contribution in [0.4, 0.5) is 15.1 Å². The highest BCUT2D eigenvalue weighted by atomic mass is 19.1. The third-order valence-electron chi connectivity index (χ3n) is 3.34. The molecular formula is C17H12FNO4. The summed E-state index contributed by atoms with van der Waals surface area (Å²) in [6.45, 7) is 0. The maximum Gasteiger partial charge on any atom is 0.413 e. The molecular weight excluding hydrogens is 301 g/mol. The Kier molecular flexibility index (Phi) is 3.80. The van der Waals surface area contributed by atoms with Gasteiger partial charge in [-0.25, -0.2) is 9.18 Å². The Morgan fingerprint density at radius 2 is 1.83 bits per heavy atom. The number of para-hydroxylation sites is 1. The second-order valence-corrected chi connectivity index (χ2v) is 4.73. The lowest BCUT2D eigenvalue weighted by Gasteiger charge is -2.11. The molecule has 0 fully saturated rings. The van der Waals surface area contributed by atoms with E-state index >= 15 is 0 Å². The van der Waals surface area contributed by atoms with E-state index in [9.17, 15) is 14.0 Å². The Hall–Kier alpha value is -3.15. The molecule has 23 heavy (non-hydrogen) atoms. The number of amides is 1. The summed E-state index contributed by atoms with van der Waals surface area (Å²) < 4.78 is 24.2. The van der Waals surface area contributed by atoms with Gasteiger partial charge < -0.3 is 9.15 Å². The number of methoxy groups -OCH3 is 1. The number of rotatable bonds is 2. The Morgan fingerprint density at radius 1 is 1.13 bits per heavy atom. The van der Waals surface area contributed by atoms with E-state index in [1.54, 1.807) is 30.3 Å². The van der Waals surface area contributed by atoms with Crippen molar-refractivity contribution in [3.05, 3.63) is 64.6 Å². The molecule has 1 heterocycles. The summed E-state index contributed by atoms with van der Waals surface area (Å²) in [6.07, 6.45) is -0.818. The Balaban J connectivity index is 2.35. The van der Waals surface area contributed by atoms with Crippen LogP contribution in [0.25, 0.3) is 22.1 Å². The van der Waals surface area contributed by atoms with Gasteiger partial charge in [0, 0.05) is 5.56 Å². The van der Waals surface area contributed by atoms with Crippen molar-refractivity contribution in [3.63, 3.8) is 0 Å². The summed E-state index contributed by atoms with van der Waals surface area (Å²) in [5, 5.41) is 2.62. The van der Waals surface area contributed by atoms with Gasteiger partial charge in [0.1, 0.15) is 11.4 Å². The molecule has 1 aromatic heterocycles. The van der Waals surface area contributed by atoms with Gasteiger partial charge in [-0.15, -0.1) is 0 Å². The number of benzene rings is 2. The summed E-state index contributed by atoms with van der Waals surface area (Å²) in [5.41, 5.74) is -0.182. The second kappa shape index (κ2) is 5.92. The van der Waals surface area contributed by atoms with Gasteiger partial charge in [-0.05, 0) is 18.2 Å². The normalized spacial score (nSPS) is 10.5. The van der Waals surface area contributed by atoms with Gasteiger partial charge in [-0.3, -0.25) is 10.1 Å².